The first-order chi connectivity index (χ1) is 8.24. The molecule has 0 amide bonds. The van der Waals surface area contributed by atoms with Crippen LogP contribution in [0.3, 0.4) is 0 Å². The molecule has 0 spiro atoms. The van der Waals surface area contributed by atoms with Gasteiger partial charge in [0.1, 0.15) is 10.6 Å². The van der Waals surface area contributed by atoms with Crippen molar-refractivity contribution in [3.8, 4) is 6.07 Å². The van der Waals surface area contributed by atoms with E-state index in [4.69, 9.17) is 11.0 Å². The molecule has 2 N–H and O–H groups in total. The van der Waals surface area contributed by atoms with Gasteiger partial charge in [0.05, 0.1) is 12.3 Å². The van der Waals surface area contributed by atoms with E-state index >= 15 is 0 Å². The Morgan fingerprint density at radius 3 is 3.18 bits per heavy atom. The zero-order valence-corrected chi connectivity index (χ0v) is 10.5. The third kappa shape index (κ3) is 2.96. The molecule has 0 aromatic carbocycles. The SMILES string of the molecule is N#CC1(N)CCCC1CCSc1cnccn1. The fourth-order valence-electron chi connectivity index (χ4n) is 2.32. The fourth-order valence-corrected chi connectivity index (χ4v) is 3.20. The second-order valence-corrected chi connectivity index (χ2v) is 5.54. The Hall–Kier alpha value is -1.12. The minimum atomic E-state index is -0.594. The summed E-state index contributed by atoms with van der Waals surface area (Å²) in [6, 6.07) is 2.28. The minimum Gasteiger partial charge on any atom is -0.313 e. The first-order valence-corrected chi connectivity index (χ1v) is 6.82. The van der Waals surface area contributed by atoms with Crippen LogP contribution in [0.15, 0.2) is 23.6 Å². The lowest BCUT2D eigenvalue weighted by Crippen LogP contribution is -2.41. The van der Waals surface area contributed by atoms with Crippen LogP contribution in [0.2, 0.25) is 0 Å². The molecule has 0 bridgehead atoms. The Balaban J connectivity index is 1.81. The quantitative estimate of drug-likeness (QED) is 0.824. The predicted molar refractivity (Wildman–Crippen MR) is 67.2 cm³/mol. The largest absolute Gasteiger partial charge is 0.313 e. The normalized spacial score (nSPS) is 27.9. The van der Waals surface area contributed by atoms with Gasteiger partial charge in [-0.05, 0) is 30.9 Å². The molecule has 1 saturated carbocycles. The molecule has 2 unspecified atom stereocenters. The summed E-state index contributed by atoms with van der Waals surface area (Å²) >= 11 is 1.68. The first-order valence-electron chi connectivity index (χ1n) is 5.83. The van der Waals surface area contributed by atoms with E-state index in [0.717, 1.165) is 36.5 Å². The second kappa shape index (κ2) is 5.48. The van der Waals surface area contributed by atoms with E-state index in [0.29, 0.717) is 5.92 Å². The highest BCUT2D eigenvalue weighted by Crippen LogP contribution is 2.36. The lowest BCUT2D eigenvalue weighted by molar-refractivity contribution is 0.389. The molecule has 1 aromatic rings. The Labute approximate surface area is 106 Å². The van der Waals surface area contributed by atoms with Crippen LogP contribution in [0.1, 0.15) is 25.7 Å². The van der Waals surface area contributed by atoms with Crippen molar-refractivity contribution in [2.24, 2.45) is 11.7 Å². The van der Waals surface area contributed by atoms with Crippen LogP contribution >= 0.6 is 11.8 Å². The van der Waals surface area contributed by atoms with E-state index < -0.39 is 5.54 Å². The summed E-state index contributed by atoms with van der Waals surface area (Å²) in [4.78, 5) is 8.22. The molecule has 5 heteroatoms. The Morgan fingerprint density at radius 1 is 1.59 bits per heavy atom. The second-order valence-electron chi connectivity index (χ2n) is 4.42. The number of nitriles is 1. The van der Waals surface area contributed by atoms with E-state index in [9.17, 15) is 0 Å². The highest BCUT2D eigenvalue weighted by atomic mass is 32.2. The number of nitrogens with zero attached hydrogens (tertiary/aromatic N) is 3. The summed E-state index contributed by atoms with van der Waals surface area (Å²) in [5, 5.41) is 10.0. The minimum absolute atomic E-state index is 0.330. The zero-order chi connectivity index (χ0) is 12.1. The van der Waals surface area contributed by atoms with Crippen LogP contribution in [0, 0.1) is 17.2 Å². The van der Waals surface area contributed by atoms with Crippen LogP contribution in [0.5, 0.6) is 0 Å². The molecule has 0 saturated heterocycles. The van der Waals surface area contributed by atoms with Gasteiger partial charge in [0.2, 0.25) is 0 Å². The van der Waals surface area contributed by atoms with E-state index in [1.54, 1.807) is 30.4 Å². The summed E-state index contributed by atoms with van der Waals surface area (Å²) in [5.74, 6) is 1.28. The van der Waals surface area contributed by atoms with Gasteiger partial charge in [-0.2, -0.15) is 5.26 Å². The van der Waals surface area contributed by atoms with Crippen molar-refractivity contribution in [2.75, 3.05) is 5.75 Å². The van der Waals surface area contributed by atoms with Gasteiger partial charge in [-0.25, -0.2) is 4.98 Å². The molecule has 1 heterocycles. The van der Waals surface area contributed by atoms with Gasteiger partial charge < -0.3 is 5.73 Å². The number of rotatable bonds is 4. The molecule has 1 fully saturated rings. The summed E-state index contributed by atoms with van der Waals surface area (Å²) in [6.45, 7) is 0. The number of hydrogen-bond donors (Lipinski definition) is 1. The van der Waals surface area contributed by atoms with Gasteiger partial charge in [0.25, 0.3) is 0 Å². The number of hydrogen-bond acceptors (Lipinski definition) is 5. The van der Waals surface area contributed by atoms with Crippen molar-refractivity contribution in [2.45, 2.75) is 36.2 Å². The average Bonchev–Trinajstić information content (AvgIpc) is 2.73. The maximum absolute atomic E-state index is 9.11. The van der Waals surface area contributed by atoms with Gasteiger partial charge >= 0.3 is 0 Å². The Bertz CT molecular complexity index is 403. The van der Waals surface area contributed by atoms with Crippen molar-refractivity contribution in [1.82, 2.24) is 9.97 Å². The summed E-state index contributed by atoms with van der Waals surface area (Å²) in [5.41, 5.74) is 5.49. The summed E-state index contributed by atoms with van der Waals surface area (Å²) < 4.78 is 0. The van der Waals surface area contributed by atoms with Crippen molar-refractivity contribution in [1.29, 1.82) is 5.26 Å². The van der Waals surface area contributed by atoms with E-state index in [1.807, 2.05) is 0 Å². The number of aromatic nitrogens is 2. The van der Waals surface area contributed by atoms with E-state index in [2.05, 4.69) is 16.0 Å². The van der Waals surface area contributed by atoms with Crippen molar-refractivity contribution in [3.63, 3.8) is 0 Å². The van der Waals surface area contributed by atoms with Gasteiger partial charge in [0.15, 0.2) is 0 Å². The van der Waals surface area contributed by atoms with Crippen molar-refractivity contribution in [3.05, 3.63) is 18.6 Å². The highest BCUT2D eigenvalue weighted by molar-refractivity contribution is 7.99. The standard InChI is InChI=1S/C12H16N4S/c13-9-12(14)4-1-2-10(12)3-7-17-11-8-15-5-6-16-11/h5-6,8,10H,1-4,7,14H2. The van der Waals surface area contributed by atoms with Gasteiger partial charge in [0, 0.05) is 12.4 Å². The van der Waals surface area contributed by atoms with E-state index in [1.165, 1.54) is 0 Å². The third-order valence-corrected chi connectivity index (χ3v) is 4.28. The third-order valence-electron chi connectivity index (χ3n) is 3.34. The van der Waals surface area contributed by atoms with Crippen LogP contribution in [0.25, 0.3) is 0 Å². The Morgan fingerprint density at radius 2 is 2.47 bits per heavy atom. The lowest BCUT2D eigenvalue weighted by Gasteiger charge is -2.23. The molecule has 1 aromatic heterocycles. The molecule has 17 heavy (non-hydrogen) atoms. The first kappa shape index (κ1) is 12.3. The number of nitrogens with two attached hydrogens (primary N) is 1. The summed E-state index contributed by atoms with van der Waals surface area (Å²) in [6.07, 6.45) is 9.09. The molecule has 2 rings (SSSR count). The molecule has 1 aliphatic rings. The topological polar surface area (TPSA) is 75.6 Å². The fraction of sp³-hybridized carbons (Fsp3) is 0.583. The van der Waals surface area contributed by atoms with Crippen molar-refractivity contribution >= 4 is 11.8 Å². The monoisotopic (exact) mass is 248 g/mol. The smallest absolute Gasteiger partial charge is 0.114 e. The van der Waals surface area contributed by atoms with Gasteiger partial charge in [-0.3, -0.25) is 4.98 Å². The van der Waals surface area contributed by atoms with Crippen molar-refractivity contribution < 1.29 is 0 Å². The lowest BCUT2D eigenvalue weighted by atomic mass is 9.88. The molecular formula is C12H16N4S. The van der Waals surface area contributed by atoms with Gasteiger partial charge in [-0.1, -0.05) is 6.42 Å². The van der Waals surface area contributed by atoms with Gasteiger partial charge in [-0.15, -0.1) is 11.8 Å². The molecule has 0 radical (unpaired) electrons. The molecule has 0 aliphatic heterocycles. The molecule has 90 valence electrons. The zero-order valence-electron chi connectivity index (χ0n) is 9.67. The maximum Gasteiger partial charge on any atom is 0.114 e. The molecule has 1 aliphatic carbocycles. The predicted octanol–water partition coefficient (Wildman–Crippen LogP) is 1.98. The molecule has 2 atom stereocenters. The van der Waals surface area contributed by atoms with Crippen LogP contribution < -0.4 is 5.73 Å². The van der Waals surface area contributed by atoms with E-state index in [-0.39, 0.29) is 0 Å². The maximum atomic E-state index is 9.11. The summed E-state index contributed by atoms with van der Waals surface area (Å²) in [7, 11) is 0. The van der Waals surface area contributed by atoms with Crippen LogP contribution in [0.4, 0.5) is 0 Å². The molecular weight excluding hydrogens is 232 g/mol. The van der Waals surface area contributed by atoms with Crippen LogP contribution in [-0.2, 0) is 0 Å². The Kier molecular flexibility index (Phi) is 3.97. The average molecular weight is 248 g/mol. The highest BCUT2D eigenvalue weighted by Gasteiger charge is 2.39. The number of thioether (sulfide) groups is 1. The van der Waals surface area contributed by atoms with Crippen LogP contribution in [-0.4, -0.2) is 21.3 Å². The molecule has 4 nitrogen and oxygen atoms in total.